The van der Waals surface area contributed by atoms with Crippen LogP contribution < -0.4 is 10.6 Å². The van der Waals surface area contributed by atoms with E-state index < -0.39 is 6.04 Å². The minimum atomic E-state index is -0.699. The van der Waals surface area contributed by atoms with Gasteiger partial charge in [-0.3, -0.25) is 14.5 Å². The van der Waals surface area contributed by atoms with Crippen LogP contribution in [0.2, 0.25) is 5.02 Å². The van der Waals surface area contributed by atoms with Crippen LogP contribution in [-0.2, 0) is 29.0 Å². The molecule has 1 aromatic heterocycles. The van der Waals surface area contributed by atoms with E-state index in [0.717, 1.165) is 54.4 Å². The maximum Gasteiger partial charge on any atom is 0.243 e. The highest BCUT2D eigenvalue weighted by Gasteiger charge is 2.25. The van der Waals surface area contributed by atoms with Crippen LogP contribution in [0.4, 0.5) is 0 Å². The normalized spacial score (nSPS) is 14.8. The van der Waals surface area contributed by atoms with Gasteiger partial charge in [0.05, 0.1) is 6.54 Å². The lowest BCUT2D eigenvalue weighted by Crippen LogP contribution is -2.51. The minimum Gasteiger partial charge on any atom is -0.361 e. The highest BCUT2D eigenvalue weighted by atomic mass is 35.5. The lowest BCUT2D eigenvalue weighted by molar-refractivity contribution is -0.129. The summed E-state index contributed by atoms with van der Waals surface area (Å²) in [4.78, 5) is 32.0. The maximum absolute atomic E-state index is 13.3. The summed E-state index contributed by atoms with van der Waals surface area (Å²) in [7, 11) is 0. The van der Waals surface area contributed by atoms with Crippen LogP contribution in [0.3, 0.4) is 0 Å². The number of carbonyl (C=O) groups is 2. The van der Waals surface area contributed by atoms with Crippen molar-refractivity contribution < 1.29 is 9.59 Å². The van der Waals surface area contributed by atoms with E-state index in [9.17, 15) is 9.59 Å². The van der Waals surface area contributed by atoms with Gasteiger partial charge in [-0.2, -0.15) is 0 Å². The number of hydrogen-bond acceptors (Lipinski definition) is 3. The van der Waals surface area contributed by atoms with Crippen molar-refractivity contribution in [1.29, 1.82) is 0 Å². The van der Waals surface area contributed by atoms with Gasteiger partial charge >= 0.3 is 0 Å². The summed E-state index contributed by atoms with van der Waals surface area (Å²) in [5, 5.41) is 7.66. The van der Waals surface area contributed by atoms with Crippen molar-refractivity contribution in [3.05, 3.63) is 107 Å². The zero-order chi connectivity index (χ0) is 27.0. The highest BCUT2D eigenvalue weighted by Crippen LogP contribution is 2.22. The summed E-state index contributed by atoms with van der Waals surface area (Å²) in [6.45, 7) is 2.36. The Morgan fingerprint density at radius 2 is 1.62 bits per heavy atom. The van der Waals surface area contributed by atoms with Crippen molar-refractivity contribution in [2.45, 2.75) is 38.3 Å². The van der Waals surface area contributed by atoms with Crippen LogP contribution in [0, 0.1) is 5.92 Å². The third-order valence-electron chi connectivity index (χ3n) is 7.60. The second-order valence-corrected chi connectivity index (χ2v) is 10.8. The molecule has 4 aromatic rings. The standard InChI is InChI=1S/C32H35ClN4O2.ClH/c33-28-12-6-4-10-25(28)20-35-32(39)30(19-26-21-34-29-13-7-5-11-27(26)29)36-31(38)22-37-16-14-24(15-17-37)18-23-8-2-1-3-9-23;/h1-13,21,24,30,34H,14-20,22H2,(H,35,39)(H,36,38);1H. The van der Waals surface area contributed by atoms with Crippen LogP contribution in [0.25, 0.3) is 10.9 Å². The van der Waals surface area contributed by atoms with Gasteiger partial charge in [0.2, 0.25) is 11.8 Å². The SMILES string of the molecule is Cl.O=C(CN1CCC(Cc2ccccc2)CC1)NC(Cc1c[nH]c2ccccc12)C(=O)NCc1ccccc1Cl. The number of para-hydroxylation sites is 1. The van der Waals surface area contributed by atoms with Crippen LogP contribution in [-0.4, -0.2) is 47.4 Å². The average Bonchev–Trinajstić information content (AvgIpc) is 3.36. The number of nitrogens with one attached hydrogen (secondary N) is 3. The number of fused-ring (bicyclic) bond motifs is 1. The van der Waals surface area contributed by atoms with E-state index in [-0.39, 0.29) is 24.2 Å². The van der Waals surface area contributed by atoms with E-state index in [1.54, 1.807) is 6.07 Å². The molecule has 0 bridgehead atoms. The largest absolute Gasteiger partial charge is 0.361 e. The van der Waals surface area contributed by atoms with Crippen LogP contribution in [0.5, 0.6) is 0 Å². The van der Waals surface area contributed by atoms with Gasteiger partial charge in [0.1, 0.15) is 6.04 Å². The van der Waals surface area contributed by atoms with Gasteiger partial charge < -0.3 is 15.6 Å². The molecule has 1 aliphatic heterocycles. The summed E-state index contributed by atoms with van der Waals surface area (Å²) in [6, 6.07) is 25.3. The van der Waals surface area contributed by atoms with Crippen molar-refractivity contribution in [2.24, 2.45) is 5.92 Å². The Kier molecular flexibility index (Phi) is 10.6. The van der Waals surface area contributed by atoms with Gasteiger partial charge in [0.15, 0.2) is 0 Å². The summed E-state index contributed by atoms with van der Waals surface area (Å²) in [5.74, 6) is 0.279. The second-order valence-electron chi connectivity index (χ2n) is 10.4. The van der Waals surface area contributed by atoms with Crippen LogP contribution >= 0.6 is 24.0 Å². The fraction of sp³-hybridized carbons (Fsp3) is 0.312. The molecule has 1 saturated heterocycles. The molecule has 2 heterocycles. The van der Waals surface area contributed by atoms with Crippen LogP contribution in [0.15, 0.2) is 85.1 Å². The maximum atomic E-state index is 13.3. The van der Waals surface area contributed by atoms with Crippen molar-refractivity contribution in [3.8, 4) is 0 Å². The molecule has 3 N–H and O–H groups in total. The lowest BCUT2D eigenvalue weighted by atomic mass is 9.90. The van der Waals surface area contributed by atoms with E-state index >= 15 is 0 Å². The van der Waals surface area contributed by atoms with Crippen molar-refractivity contribution >= 4 is 46.7 Å². The Bertz CT molecular complexity index is 1400. The monoisotopic (exact) mass is 578 g/mol. The molecule has 0 radical (unpaired) electrons. The minimum absolute atomic E-state index is 0. The molecule has 1 unspecified atom stereocenters. The number of aromatic amines is 1. The first kappa shape index (κ1) is 29.7. The molecule has 1 atom stereocenters. The molecule has 40 heavy (non-hydrogen) atoms. The summed E-state index contributed by atoms with van der Waals surface area (Å²) >= 11 is 6.29. The predicted octanol–water partition coefficient (Wildman–Crippen LogP) is 5.54. The molecule has 8 heteroatoms. The molecule has 2 amide bonds. The fourth-order valence-electron chi connectivity index (χ4n) is 5.42. The molecule has 0 spiro atoms. The first-order chi connectivity index (χ1) is 19.0. The smallest absolute Gasteiger partial charge is 0.243 e. The molecule has 1 fully saturated rings. The number of aromatic nitrogens is 1. The number of hydrogen-bond donors (Lipinski definition) is 3. The topological polar surface area (TPSA) is 77.2 Å². The molecular formula is C32H36Cl2N4O2. The van der Waals surface area contributed by atoms with Gasteiger partial charge in [-0.15, -0.1) is 12.4 Å². The highest BCUT2D eigenvalue weighted by molar-refractivity contribution is 6.31. The first-order valence-electron chi connectivity index (χ1n) is 13.7. The molecular weight excluding hydrogens is 543 g/mol. The van der Waals surface area contributed by atoms with Gasteiger partial charge in [0, 0.05) is 35.1 Å². The van der Waals surface area contributed by atoms with Gasteiger partial charge in [-0.05, 0) is 67.1 Å². The molecule has 0 saturated carbocycles. The number of amides is 2. The molecule has 0 aliphatic carbocycles. The Labute approximate surface area is 246 Å². The van der Waals surface area contributed by atoms with Crippen LogP contribution in [0.1, 0.15) is 29.5 Å². The average molecular weight is 580 g/mol. The Balaban J connectivity index is 0.00000370. The predicted molar refractivity (Wildman–Crippen MR) is 164 cm³/mol. The number of piperidine rings is 1. The van der Waals surface area contributed by atoms with Crippen molar-refractivity contribution in [3.63, 3.8) is 0 Å². The van der Waals surface area contributed by atoms with Gasteiger partial charge in [-0.1, -0.05) is 78.3 Å². The zero-order valence-electron chi connectivity index (χ0n) is 22.4. The quantitative estimate of drug-likeness (QED) is 0.231. The Hall–Kier alpha value is -3.32. The van der Waals surface area contributed by atoms with E-state index in [0.29, 0.717) is 30.5 Å². The number of rotatable bonds is 10. The van der Waals surface area contributed by atoms with E-state index in [2.05, 4.69) is 44.8 Å². The number of halogens is 2. The van der Waals surface area contributed by atoms with Crippen molar-refractivity contribution in [1.82, 2.24) is 20.5 Å². The number of benzene rings is 3. The molecule has 1 aliphatic rings. The third-order valence-corrected chi connectivity index (χ3v) is 7.97. The first-order valence-corrected chi connectivity index (χ1v) is 14.0. The summed E-state index contributed by atoms with van der Waals surface area (Å²) in [5.41, 5.74) is 4.21. The third kappa shape index (κ3) is 7.87. The molecule has 5 rings (SSSR count). The van der Waals surface area contributed by atoms with Gasteiger partial charge in [-0.25, -0.2) is 0 Å². The summed E-state index contributed by atoms with van der Waals surface area (Å²) in [6.07, 6.45) is 5.53. The van der Waals surface area contributed by atoms with E-state index in [4.69, 9.17) is 11.6 Å². The molecule has 6 nitrogen and oxygen atoms in total. The van der Waals surface area contributed by atoms with E-state index in [1.807, 2.05) is 54.7 Å². The summed E-state index contributed by atoms with van der Waals surface area (Å²) < 4.78 is 0. The zero-order valence-corrected chi connectivity index (χ0v) is 24.0. The number of carbonyl (C=O) groups excluding carboxylic acids is 2. The lowest BCUT2D eigenvalue weighted by Gasteiger charge is -2.32. The number of likely N-dealkylation sites (tertiary alicyclic amines) is 1. The number of nitrogens with zero attached hydrogens (tertiary/aromatic N) is 1. The molecule has 210 valence electrons. The van der Waals surface area contributed by atoms with Crippen molar-refractivity contribution in [2.75, 3.05) is 19.6 Å². The van der Waals surface area contributed by atoms with Gasteiger partial charge in [0.25, 0.3) is 0 Å². The Morgan fingerprint density at radius 3 is 2.40 bits per heavy atom. The molecule has 3 aromatic carbocycles. The van der Waals surface area contributed by atoms with E-state index in [1.165, 1.54) is 5.56 Å². The Morgan fingerprint density at radius 1 is 0.925 bits per heavy atom. The second kappa shape index (κ2) is 14.4. The fourth-order valence-corrected chi connectivity index (χ4v) is 5.62. The number of H-pyrrole nitrogens is 1.